The standard InChI is InChI=1S/C6H16O8P2/c1-6(2)14-16(10,11)13-5-3-4-12-15(7,8)9/h6H,3-5H2,1-2H3,(H,10,11)(H2,7,8,9)/p-3. The minimum Gasteiger partial charge on any atom is -0.790 e. The van der Waals surface area contributed by atoms with Crippen molar-refractivity contribution in [1.82, 2.24) is 0 Å². The van der Waals surface area contributed by atoms with Crippen LogP contribution >= 0.6 is 15.6 Å². The monoisotopic (exact) mass is 275 g/mol. The molecule has 0 heterocycles. The fourth-order valence-electron chi connectivity index (χ4n) is 0.700. The van der Waals surface area contributed by atoms with Crippen LogP contribution in [0.1, 0.15) is 20.3 Å². The van der Waals surface area contributed by atoms with Crippen LogP contribution < -0.4 is 14.7 Å². The first-order chi connectivity index (χ1) is 7.12. The maximum Gasteiger partial charge on any atom is 0.268 e. The lowest BCUT2D eigenvalue weighted by Crippen LogP contribution is -2.17. The van der Waals surface area contributed by atoms with Gasteiger partial charge in [-0.1, -0.05) is 0 Å². The molecule has 0 aromatic heterocycles. The van der Waals surface area contributed by atoms with E-state index in [4.69, 9.17) is 0 Å². The molecule has 0 aromatic rings. The first-order valence-corrected chi connectivity index (χ1v) is 7.35. The zero-order valence-corrected chi connectivity index (χ0v) is 10.6. The smallest absolute Gasteiger partial charge is 0.268 e. The third-order valence-electron chi connectivity index (χ3n) is 1.13. The molecule has 10 heteroatoms. The van der Waals surface area contributed by atoms with Crippen molar-refractivity contribution in [2.45, 2.75) is 26.4 Å². The lowest BCUT2D eigenvalue weighted by molar-refractivity contribution is -0.341. The molecule has 0 aliphatic carbocycles. The highest BCUT2D eigenvalue weighted by Gasteiger charge is 2.10. The Labute approximate surface area is 93.4 Å². The molecule has 0 radical (unpaired) electrons. The van der Waals surface area contributed by atoms with E-state index in [1.54, 1.807) is 0 Å². The van der Waals surface area contributed by atoms with Gasteiger partial charge < -0.3 is 32.8 Å². The molecule has 0 bridgehead atoms. The minimum absolute atomic E-state index is 0.0534. The lowest BCUT2D eigenvalue weighted by atomic mass is 10.5. The van der Waals surface area contributed by atoms with E-state index >= 15 is 0 Å². The molecular formula is C6H13O8P2-3. The van der Waals surface area contributed by atoms with Crippen LogP contribution in [0, 0.1) is 0 Å². The molecule has 16 heavy (non-hydrogen) atoms. The van der Waals surface area contributed by atoms with Crippen molar-refractivity contribution in [2.24, 2.45) is 0 Å². The van der Waals surface area contributed by atoms with Crippen LogP contribution in [0.15, 0.2) is 0 Å². The Bertz CT molecular complexity index is 284. The highest BCUT2D eigenvalue weighted by Crippen LogP contribution is 2.39. The molecule has 0 fully saturated rings. The van der Waals surface area contributed by atoms with Crippen LogP contribution in [0.25, 0.3) is 0 Å². The zero-order valence-electron chi connectivity index (χ0n) is 8.86. The number of phosphoric ester groups is 2. The SMILES string of the molecule is CC(C)OP(=O)([O-])OCCCOP(=O)([O-])[O-]. The van der Waals surface area contributed by atoms with Gasteiger partial charge in [0, 0.05) is 0 Å². The Morgan fingerprint density at radius 2 is 1.56 bits per heavy atom. The van der Waals surface area contributed by atoms with Crippen molar-refractivity contribution < 1.29 is 37.4 Å². The fourth-order valence-corrected chi connectivity index (χ4v) is 1.98. The number of phosphoric acid groups is 2. The second kappa shape index (κ2) is 6.83. The van der Waals surface area contributed by atoms with E-state index in [1.807, 2.05) is 0 Å². The number of hydrogen-bond acceptors (Lipinski definition) is 8. The summed E-state index contributed by atoms with van der Waals surface area (Å²) in [6, 6.07) is 0. The van der Waals surface area contributed by atoms with E-state index in [0.29, 0.717) is 0 Å². The molecule has 1 atom stereocenters. The van der Waals surface area contributed by atoms with E-state index < -0.39 is 28.4 Å². The Morgan fingerprint density at radius 3 is 2.00 bits per heavy atom. The molecule has 0 saturated heterocycles. The molecular weight excluding hydrogens is 262 g/mol. The summed E-state index contributed by atoms with van der Waals surface area (Å²) < 4.78 is 33.6. The van der Waals surface area contributed by atoms with Crippen molar-refractivity contribution >= 4 is 15.6 Å². The van der Waals surface area contributed by atoms with Crippen molar-refractivity contribution in [3.8, 4) is 0 Å². The summed E-state index contributed by atoms with van der Waals surface area (Å²) in [6.45, 7) is 2.30. The molecule has 0 aromatic carbocycles. The van der Waals surface area contributed by atoms with Crippen LogP contribution in [0.3, 0.4) is 0 Å². The number of hydrogen-bond donors (Lipinski definition) is 0. The Kier molecular flexibility index (Phi) is 6.93. The summed E-state index contributed by atoms with van der Waals surface area (Å²) in [7, 11) is -9.36. The van der Waals surface area contributed by atoms with Crippen LogP contribution in [0.5, 0.6) is 0 Å². The maximum absolute atomic E-state index is 11.0. The van der Waals surface area contributed by atoms with Gasteiger partial charge in [0.25, 0.3) is 7.82 Å². The molecule has 0 rings (SSSR count). The van der Waals surface area contributed by atoms with Crippen molar-refractivity contribution in [2.75, 3.05) is 13.2 Å². The lowest BCUT2D eigenvalue weighted by Gasteiger charge is -2.29. The molecule has 98 valence electrons. The van der Waals surface area contributed by atoms with E-state index in [-0.39, 0.29) is 13.0 Å². The normalized spacial score (nSPS) is 16.4. The van der Waals surface area contributed by atoms with E-state index in [2.05, 4.69) is 13.6 Å². The van der Waals surface area contributed by atoms with Gasteiger partial charge in [0.1, 0.15) is 0 Å². The number of rotatable bonds is 8. The van der Waals surface area contributed by atoms with Crippen LogP contribution in [0.2, 0.25) is 0 Å². The quantitative estimate of drug-likeness (QED) is 0.412. The van der Waals surface area contributed by atoms with Gasteiger partial charge in [0.05, 0.1) is 27.1 Å². The Morgan fingerprint density at radius 1 is 1.06 bits per heavy atom. The molecule has 0 aliphatic rings. The van der Waals surface area contributed by atoms with Gasteiger partial charge >= 0.3 is 0 Å². The third-order valence-corrected chi connectivity index (χ3v) is 2.80. The van der Waals surface area contributed by atoms with Crippen molar-refractivity contribution in [1.29, 1.82) is 0 Å². The van der Waals surface area contributed by atoms with Gasteiger partial charge in [0.2, 0.25) is 0 Å². The largest absolute Gasteiger partial charge is 0.790 e. The molecule has 0 aliphatic heterocycles. The summed E-state index contributed by atoms with van der Waals surface area (Å²) in [5.74, 6) is 0. The zero-order chi connectivity index (χ0) is 12.8. The Balaban J connectivity index is 3.66. The van der Waals surface area contributed by atoms with E-state index in [9.17, 15) is 23.8 Å². The average Bonchev–Trinajstić information content (AvgIpc) is 1.98. The summed E-state index contributed by atoms with van der Waals surface area (Å²) >= 11 is 0. The minimum atomic E-state index is -5.00. The first kappa shape index (κ1) is 16.2. The van der Waals surface area contributed by atoms with E-state index in [1.165, 1.54) is 13.8 Å². The van der Waals surface area contributed by atoms with Crippen LogP contribution in [0.4, 0.5) is 0 Å². The molecule has 0 amide bonds. The molecule has 8 nitrogen and oxygen atoms in total. The highest BCUT2D eigenvalue weighted by atomic mass is 31.2. The van der Waals surface area contributed by atoms with Gasteiger partial charge in [-0.3, -0.25) is 4.57 Å². The summed E-state index contributed by atoms with van der Waals surface area (Å²) in [4.78, 5) is 31.0. The van der Waals surface area contributed by atoms with Crippen LogP contribution in [-0.4, -0.2) is 19.3 Å². The first-order valence-electron chi connectivity index (χ1n) is 4.43. The van der Waals surface area contributed by atoms with Gasteiger partial charge in [-0.2, -0.15) is 0 Å². The second-order valence-corrected chi connectivity index (χ2v) is 5.58. The summed E-state index contributed by atoms with van der Waals surface area (Å²) in [5.41, 5.74) is 0. The van der Waals surface area contributed by atoms with Gasteiger partial charge in [-0.05, 0) is 20.3 Å². The van der Waals surface area contributed by atoms with E-state index in [0.717, 1.165) is 0 Å². The summed E-state index contributed by atoms with van der Waals surface area (Å²) in [5, 5.41) is 0. The summed E-state index contributed by atoms with van der Waals surface area (Å²) in [6.07, 6.45) is -0.592. The van der Waals surface area contributed by atoms with Gasteiger partial charge in [0.15, 0.2) is 0 Å². The second-order valence-electron chi connectivity index (χ2n) is 3.07. The molecule has 0 saturated carbocycles. The predicted molar refractivity (Wildman–Crippen MR) is 48.0 cm³/mol. The molecule has 0 spiro atoms. The fraction of sp³-hybridized carbons (Fsp3) is 1.00. The van der Waals surface area contributed by atoms with Crippen molar-refractivity contribution in [3.05, 3.63) is 0 Å². The third kappa shape index (κ3) is 10.7. The Hall–Kier alpha value is 0.220. The van der Waals surface area contributed by atoms with Crippen LogP contribution in [-0.2, 0) is 22.7 Å². The average molecular weight is 275 g/mol. The predicted octanol–water partition coefficient (Wildman–Crippen LogP) is -0.868. The molecule has 1 unspecified atom stereocenters. The maximum atomic E-state index is 11.0. The van der Waals surface area contributed by atoms with Gasteiger partial charge in [-0.15, -0.1) is 0 Å². The molecule has 0 N–H and O–H groups in total. The highest BCUT2D eigenvalue weighted by molar-refractivity contribution is 7.45. The van der Waals surface area contributed by atoms with Crippen molar-refractivity contribution in [3.63, 3.8) is 0 Å². The topological polar surface area (TPSA) is 131 Å². The van der Waals surface area contributed by atoms with Gasteiger partial charge in [-0.25, -0.2) is 0 Å².